The lowest BCUT2D eigenvalue weighted by Crippen LogP contribution is -2.04. The average molecular weight is 269 g/mol. The van der Waals surface area contributed by atoms with Gasteiger partial charge in [0.15, 0.2) is 5.78 Å². The molecule has 1 aromatic carbocycles. The predicted molar refractivity (Wildman–Crippen MR) is 68.5 cm³/mol. The largest absolute Gasteiger partial charge is 0.294 e. The van der Waals surface area contributed by atoms with E-state index in [1.807, 2.05) is 17.7 Å². The summed E-state index contributed by atoms with van der Waals surface area (Å²) in [5.41, 5.74) is 2.34. The van der Waals surface area contributed by atoms with Crippen LogP contribution in [0.25, 0.3) is 0 Å². The third-order valence-electron chi connectivity index (χ3n) is 2.52. The molecule has 17 heavy (non-hydrogen) atoms. The monoisotopic (exact) mass is 268 g/mol. The normalized spacial score (nSPS) is 10.5. The van der Waals surface area contributed by atoms with Crippen LogP contribution in [0.4, 0.5) is 4.39 Å². The lowest BCUT2D eigenvalue weighted by Gasteiger charge is -2.03. The number of aryl methyl sites for hydroxylation is 1. The van der Waals surface area contributed by atoms with Crippen molar-refractivity contribution in [1.82, 2.24) is 0 Å². The van der Waals surface area contributed by atoms with Crippen LogP contribution in [0, 0.1) is 12.7 Å². The van der Waals surface area contributed by atoms with Gasteiger partial charge in [-0.25, -0.2) is 4.39 Å². The van der Waals surface area contributed by atoms with Crippen molar-refractivity contribution in [3.05, 3.63) is 56.5 Å². The molecule has 0 aliphatic rings. The van der Waals surface area contributed by atoms with Crippen molar-refractivity contribution in [3.63, 3.8) is 0 Å². The number of Topliss-reactive ketones (excluding diaryl/α,β-unsaturated/α-hetero) is 1. The summed E-state index contributed by atoms with van der Waals surface area (Å²) >= 11 is 7.38. The van der Waals surface area contributed by atoms with Crippen LogP contribution in [0.3, 0.4) is 0 Å². The molecule has 0 amide bonds. The molecule has 0 aliphatic carbocycles. The second-order valence-electron chi connectivity index (χ2n) is 3.80. The first-order valence-corrected chi connectivity index (χ1v) is 6.40. The van der Waals surface area contributed by atoms with Gasteiger partial charge in [0.1, 0.15) is 5.82 Å². The van der Waals surface area contributed by atoms with Crippen molar-refractivity contribution in [2.75, 3.05) is 0 Å². The molecule has 0 spiro atoms. The summed E-state index contributed by atoms with van der Waals surface area (Å²) in [7, 11) is 0. The van der Waals surface area contributed by atoms with Gasteiger partial charge in [0.2, 0.25) is 0 Å². The summed E-state index contributed by atoms with van der Waals surface area (Å²) < 4.78 is 12.9. The molecule has 1 aromatic heterocycles. The van der Waals surface area contributed by atoms with E-state index < -0.39 is 5.82 Å². The molecule has 0 fully saturated rings. The number of thiophene rings is 1. The molecule has 4 heteroatoms. The fourth-order valence-corrected chi connectivity index (χ4v) is 2.67. The molecule has 0 saturated heterocycles. The van der Waals surface area contributed by atoms with Crippen LogP contribution in [0.15, 0.2) is 29.0 Å². The maximum Gasteiger partial charge on any atom is 0.168 e. The van der Waals surface area contributed by atoms with Gasteiger partial charge < -0.3 is 0 Å². The van der Waals surface area contributed by atoms with Gasteiger partial charge in [0.25, 0.3) is 0 Å². The first-order chi connectivity index (χ1) is 8.08. The number of benzene rings is 1. The van der Waals surface area contributed by atoms with E-state index in [9.17, 15) is 9.18 Å². The van der Waals surface area contributed by atoms with E-state index >= 15 is 0 Å². The van der Waals surface area contributed by atoms with E-state index in [0.29, 0.717) is 10.6 Å². The molecule has 1 heterocycles. The summed E-state index contributed by atoms with van der Waals surface area (Å²) in [6, 6.07) is 4.09. The standard InChI is InChI=1S/C13H10ClFOS/c1-8-6-17-7-11(8)13(16)4-9-2-3-10(15)5-12(9)14/h2-3,5-7H,4H2,1H3. The summed E-state index contributed by atoms with van der Waals surface area (Å²) in [6.07, 6.45) is 0.205. The Balaban J connectivity index is 2.22. The van der Waals surface area contributed by atoms with Crippen LogP contribution in [0.2, 0.25) is 5.02 Å². The second-order valence-corrected chi connectivity index (χ2v) is 4.95. The summed E-state index contributed by atoms with van der Waals surface area (Å²) in [5, 5.41) is 4.06. The molecule has 2 rings (SSSR count). The summed E-state index contributed by atoms with van der Waals surface area (Å²) in [6.45, 7) is 1.90. The number of hydrogen-bond acceptors (Lipinski definition) is 2. The molecule has 1 nitrogen and oxygen atoms in total. The van der Waals surface area contributed by atoms with E-state index in [4.69, 9.17) is 11.6 Å². The van der Waals surface area contributed by atoms with Gasteiger partial charge in [-0.2, -0.15) is 11.3 Å². The lowest BCUT2D eigenvalue weighted by molar-refractivity contribution is 0.0993. The first-order valence-electron chi connectivity index (χ1n) is 5.08. The molecular formula is C13H10ClFOS. The minimum Gasteiger partial charge on any atom is -0.294 e. The first kappa shape index (κ1) is 12.3. The number of carbonyl (C=O) groups is 1. The Kier molecular flexibility index (Phi) is 3.60. The third-order valence-corrected chi connectivity index (χ3v) is 3.74. The Morgan fingerprint density at radius 1 is 1.41 bits per heavy atom. The molecule has 0 saturated carbocycles. The highest BCUT2D eigenvalue weighted by Crippen LogP contribution is 2.21. The summed E-state index contributed by atoms with van der Waals surface area (Å²) in [4.78, 5) is 12.0. The number of carbonyl (C=O) groups excluding carboxylic acids is 1. The predicted octanol–water partition coefficient (Wildman–Crippen LogP) is 4.27. The van der Waals surface area contributed by atoms with Gasteiger partial charge in [-0.15, -0.1) is 0 Å². The molecule has 0 bridgehead atoms. The number of hydrogen-bond donors (Lipinski definition) is 0. The average Bonchev–Trinajstić information content (AvgIpc) is 2.68. The van der Waals surface area contributed by atoms with Gasteiger partial charge >= 0.3 is 0 Å². The van der Waals surface area contributed by atoms with Crippen molar-refractivity contribution in [2.24, 2.45) is 0 Å². The smallest absolute Gasteiger partial charge is 0.168 e. The zero-order valence-corrected chi connectivity index (χ0v) is 10.7. The van der Waals surface area contributed by atoms with E-state index in [-0.39, 0.29) is 12.2 Å². The topological polar surface area (TPSA) is 17.1 Å². The van der Waals surface area contributed by atoms with Gasteiger partial charge in [0.05, 0.1) is 0 Å². The minimum absolute atomic E-state index is 0.0114. The third kappa shape index (κ3) is 2.73. The Morgan fingerprint density at radius 3 is 2.76 bits per heavy atom. The highest BCUT2D eigenvalue weighted by atomic mass is 35.5. The maximum absolute atomic E-state index is 12.9. The van der Waals surface area contributed by atoms with Crippen molar-refractivity contribution < 1.29 is 9.18 Å². The molecule has 0 radical (unpaired) electrons. The molecular weight excluding hydrogens is 259 g/mol. The highest BCUT2D eigenvalue weighted by molar-refractivity contribution is 7.08. The van der Waals surface area contributed by atoms with E-state index in [2.05, 4.69) is 0 Å². The molecule has 88 valence electrons. The maximum atomic E-state index is 12.9. The van der Waals surface area contributed by atoms with Gasteiger partial charge in [-0.1, -0.05) is 17.7 Å². The van der Waals surface area contributed by atoms with Crippen LogP contribution in [-0.2, 0) is 6.42 Å². The van der Waals surface area contributed by atoms with Crippen molar-refractivity contribution in [1.29, 1.82) is 0 Å². The minimum atomic E-state index is -0.391. The van der Waals surface area contributed by atoms with Gasteiger partial charge in [0, 0.05) is 22.4 Å². The molecule has 0 atom stereocenters. The SMILES string of the molecule is Cc1cscc1C(=O)Cc1ccc(F)cc1Cl. The van der Waals surface area contributed by atoms with Crippen molar-refractivity contribution in [3.8, 4) is 0 Å². The molecule has 0 unspecified atom stereocenters. The fourth-order valence-electron chi connectivity index (χ4n) is 1.58. The Bertz CT molecular complexity index is 562. The molecule has 2 aromatic rings. The van der Waals surface area contributed by atoms with E-state index in [0.717, 1.165) is 11.1 Å². The Labute approximate surface area is 108 Å². The second kappa shape index (κ2) is 4.98. The zero-order valence-electron chi connectivity index (χ0n) is 9.17. The van der Waals surface area contributed by atoms with Crippen LogP contribution < -0.4 is 0 Å². The van der Waals surface area contributed by atoms with Crippen molar-refractivity contribution in [2.45, 2.75) is 13.3 Å². The lowest BCUT2D eigenvalue weighted by atomic mass is 10.0. The Hall–Kier alpha value is -1.19. The number of ketones is 1. The summed E-state index contributed by atoms with van der Waals surface area (Å²) in [5.74, 6) is -0.379. The van der Waals surface area contributed by atoms with Gasteiger partial charge in [-0.05, 0) is 35.6 Å². The molecule has 0 aliphatic heterocycles. The van der Waals surface area contributed by atoms with E-state index in [1.165, 1.54) is 23.5 Å². The van der Waals surface area contributed by atoms with Crippen LogP contribution in [0.5, 0.6) is 0 Å². The van der Waals surface area contributed by atoms with Crippen LogP contribution >= 0.6 is 22.9 Å². The number of rotatable bonds is 3. The fraction of sp³-hybridized carbons (Fsp3) is 0.154. The van der Waals surface area contributed by atoms with Gasteiger partial charge in [-0.3, -0.25) is 4.79 Å². The van der Waals surface area contributed by atoms with Crippen molar-refractivity contribution >= 4 is 28.7 Å². The highest BCUT2D eigenvalue weighted by Gasteiger charge is 2.12. The Morgan fingerprint density at radius 2 is 2.18 bits per heavy atom. The van der Waals surface area contributed by atoms with Crippen LogP contribution in [-0.4, -0.2) is 5.78 Å². The van der Waals surface area contributed by atoms with E-state index in [1.54, 1.807) is 6.07 Å². The molecule has 0 N–H and O–H groups in total. The van der Waals surface area contributed by atoms with Crippen LogP contribution in [0.1, 0.15) is 21.5 Å². The number of halogens is 2. The zero-order chi connectivity index (χ0) is 12.4. The quantitative estimate of drug-likeness (QED) is 0.760.